The Morgan fingerprint density at radius 1 is 1.06 bits per heavy atom. The van der Waals surface area contributed by atoms with Crippen molar-refractivity contribution >= 4 is 28.5 Å². The monoisotopic (exact) mass is 446 g/mol. The van der Waals surface area contributed by atoms with Crippen LogP contribution in [0.4, 0.5) is 25.8 Å². The van der Waals surface area contributed by atoms with Crippen molar-refractivity contribution in [2.75, 3.05) is 29.0 Å². The van der Waals surface area contributed by atoms with Crippen LogP contribution < -0.4 is 16.0 Å². The Balaban J connectivity index is 1.21. The number of hydrogen-bond donors (Lipinski definition) is 3. The van der Waals surface area contributed by atoms with E-state index in [-0.39, 0.29) is 17.8 Å². The predicted octanol–water partition coefficient (Wildman–Crippen LogP) is 5.06. The molecule has 1 fully saturated rings. The lowest BCUT2D eigenvalue weighted by atomic mass is 10.1. The van der Waals surface area contributed by atoms with E-state index in [1.54, 1.807) is 18.2 Å². The van der Waals surface area contributed by atoms with E-state index in [1.165, 1.54) is 30.0 Å². The minimum absolute atomic E-state index is 0.184. The number of nitrogens with one attached hydrogen (secondary N) is 3. The Bertz CT molecular complexity index is 1210. The number of anilines is 3. The number of carbonyl (C=O) groups excluding carboxylic acids is 1. The average Bonchev–Trinajstić information content (AvgIpc) is 3.37. The molecule has 168 valence electrons. The summed E-state index contributed by atoms with van der Waals surface area (Å²) in [5, 5.41) is 8.92. The van der Waals surface area contributed by atoms with Crippen LogP contribution in [0.5, 0.6) is 0 Å². The van der Waals surface area contributed by atoms with Crippen LogP contribution >= 0.6 is 0 Å². The van der Waals surface area contributed by atoms with Crippen LogP contribution in [0, 0.1) is 11.6 Å². The highest BCUT2D eigenvalue weighted by molar-refractivity contribution is 6.31. The number of likely N-dealkylation sites (tertiary alicyclic amines) is 1. The first-order valence-corrected chi connectivity index (χ1v) is 11.0. The van der Waals surface area contributed by atoms with Gasteiger partial charge in [-0.25, -0.2) is 8.78 Å². The fourth-order valence-electron chi connectivity index (χ4n) is 4.34. The second-order valence-electron chi connectivity index (χ2n) is 8.39. The minimum Gasteiger partial charge on any atom is -0.379 e. The van der Waals surface area contributed by atoms with Crippen LogP contribution in [0.15, 0.2) is 72.9 Å². The molecular weight excluding hydrogens is 422 g/mol. The van der Waals surface area contributed by atoms with Crippen molar-refractivity contribution in [2.45, 2.75) is 19.0 Å². The number of benzene rings is 3. The fraction of sp³-hybridized carbons (Fsp3) is 0.192. The van der Waals surface area contributed by atoms with E-state index in [0.29, 0.717) is 28.2 Å². The molecule has 1 saturated heterocycles. The van der Waals surface area contributed by atoms with Crippen LogP contribution in [0.25, 0.3) is 5.57 Å². The van der Waals surface area contributed by atoms with Gasteiger partial charge >= 0.3 is 0 Å². The number of halogens is 2. The van der Waals surface area contributed by atoms with Crippen molar-refractivity contribution in [1.29, 1.82) is 0 Å². The highest BCUT2D eigenvalue weighted by atomic mass is 19.1. The minimum atomic E-state index is -0.418. The van der Waals surface area contributed by atoms with Gasteiger partial charge in [-0.2, -0.15) is 0 Å². The maximum Gasteiger partial charge on any atom is 0.257 e. The summed E-state index contributed by atoms with van der Waals surface area (Å²) < 4.78 is 28.1. The maximum atomic E-state index is 14.8. The predicted molar refractivity (Wildman–Crippen MR) is 127 cm³/mol. The quantitative estimate of drug-likeness (QED) is 0.464. The van der Waals surface area contributed by atoms with E-state index in [2.05, 4.69) is 33.0 Å². The first-order chi connectivity index (χ1) is 16.0. The summed E-state index contributed by atoms with van der Waals surface area (Å²) in [5.41, 5.74) is 3.66. The molecule has 0 aliphatic carbocycles. The van der Waals surface area contributed by atoms with Gasteiger partial charge in [-0.05, 0) is 48.4 Å². The molecule has 7 heteroatoms. The Morgan fingerprint density at radius 3 is 2.73 bits per heavy atom. The van der Waals surface area contributed by atoms with Crippen molar-refractivity contribution in [3.05, 3.63) is 95.7 Å². The van der Waals surface area contributed by atoms with E-state index >= 15 is 0 Å². The average molecular weight is 447 g/mol. The molecule has 2 aliphatic heterocycles. The molecule has 3 aromatic rings. The van der Waals surface area contributed by atoms with Gasteiger partial charge in [0.25, 0.3) is 5.91 Å². The van der Waals surface area contributed by atoms with Gasteiger partial charge in [0.15, 0.2) is 0 Å². The first-order valence-electron chi connectivity index (χ1n) is 11.0. The van der Waals surface area contributed by atoms with Crippen LogP contribution in [0.2, 0.25) is 0 Å². The second kappa shape index (κ2) is 9.03. The summed E-state index contributed by atoms with van der Waals surface area (Å²) >= 11 is 0. The van der Waals surface area contributed by atoms with Gasteiger partial charge in [0.2, 0.25) is 0 Å². The molecule has 0 saturated carbocycles. The molecule has 2 aliphatic rings. The van der Waals surface area contributed by atoms with Crippen LogP contribution in [0.1, 0.15) is 17.5 Å². The zero-order chi connectivity index (χ0) is 22.8. The second-order valence-corrected chi connectivity index (χ2v) is 8.39. The largest absolute Gasteiger partial charge is 0.379 e. The number of rotatable bonds is 6. The highest BCUT2D eigenvalue weighted by Gasteiger charge is 2.25. The lowest BCUT2D eigenvalue weighted by Crippen LogP contribution is -2.26. The van der Waals surface area contributed by atoms with E-state index in [9.17, 15) is 13.6 Å². The van der Waals surface area contributed by atoms with E-state index in [0.717, 1.165) is 26.1 Å². The van der Waals surface area contributed by atoms with Crippen molar-refractivity contribution in [3.63, 3.8) is 0 Å². The standard InChI is InChI=1S/C26H24F2N4O/c27-18-6-8-21-22(26(33)31-25(21)12-18)14-29-19-7-9-24(23(28)13-19)30-20-10-11-32(16-20)15-17-4-2-1-3-5-17/h1-9,12-14,20,29-30H,10-11,15-16H2,(H,31,33). The lowest BCUT2D eigenvalue weighted by Gasteiger charge is -2.18. The van der Waals surface area contributed by atoms with Gasteiger partial charge in [-0.15, -0.1) is 0 Å². The van der Waals surface area contributed by atoms with E-state index < -0.39 is 5.82 Å². The van der Waals surface area contributed by atoms with Gasteiger partial charge in [0.05, 0.1) is 16.9 Å². The van der Waals surface area contributed by atoms with Gasteiger partial charge in [-0.1, -0.05) is 30.3 Å². The number of fused-ring (bicyclic) bond motifs is 1. The van der Waals surface area contributed by atoms with Crippen molar-refractivity contribution in [2.24, 2.45) is 0 Å². The Morgan fingerprint density at radius 2 is 1.91 bits per heavy atom. The molecule has 0 radical (unpaired) electrons. The Labute approximate surface area is 191 Å². The molecule has 1 amide bonds. The summed E-state index contributed by atoms with van der Waals surface area (Å²) in [6, 6.07) is 19.5. The van der Waals surface area contributed by atoms with Crippen molar-refractivity contribution in [1.82, 2.24) is 4.90 Å². The number of nitrogens with zero attached hydrogens (tertiary/aromatic N) is 1. The summed E-state index contributed by atoms with van der Waals surface area (Å²) in [4.78, 5) is 14.6. The first kappa shape index (κ1) is 21.2. The maximum absolute atomic E-state index is 14.8. The van der Waals surface area contributed by atoms with Gasteiger partial charge in [-0.3, -0.25) is 9.69 Å². The van der Waals surface area contributed by atoms with Crippen LogP contribution in [0.3, 0.4) is 0 Å². The van der Waals surface area contributed by atoms with Crippen molar-refractivity contribution in [3.8, 4) is 0 Å². The van der Waals surface area contributed by atoms with Crippen molar-refractivity contribution < 1.29 is 13.6 Å². The summed E-state index contributed by atoms with van der Waals surface area (Å²) in [6.07, 6.45) is 2.47. The third-order valence-corrected chi connectivity index (χ3v) is 6.00. The van der Waals surface area contributed by atoms with Gasteiger partial charge < -0.3 is 16.0 Å². The molecule has 5 rings (SSSR count). The zero-order valence-corrected chi connectivity index (χ0v) is 17.9. The third-order valence-electron chi connectivity index (χ3n) is 6.00. The molecule has 5 nitrogen and oxygen atoms in total. The normalized spacial score (nSPS) is 18.9. The molecular formula is C26H24F2N4O. The number of hydrogen-bond acceptors (Lipinski definition) is 4. The van der Waals surface area contributed by atoms with E-state index in [4.69, 9.17) is 0 Å². The molecule has 0 bridgehead atoms. The molecule has 0 aromatic heterocycles. The lowest BCUT2D eigenvalue weighted by molar-refractivity contribution is -0.110. The molecule has 1 atom stereocenters. The Kier molecular flexibility index (Phi) is 5.79. The molecule has 0 spiro atoms. The zero-order valence-electron chi connectivity index (χ0n) is 17.9. The molecule has 3 N–H and O–H groups in total. The third kappa shape index (κ3) is 4.73. The summed E-state index contributed by atoms with van der Waals surface area (Å²) in [7, 11) is 0. The van der Waals surface area contributed by atoms with Gasteiger partial charge in [0, 0.05) is 43.1 Å². The number of amides is 1. The Hall–Kier alpha value is -3.71. The number of carbonyl (C=O) groups is 1. The fourth-order valence-corrected chi connectivity index (χ4v) is 4.34. The molecule has 1 unspecified atom stereocenters. The highest BCUT2D eigenvalue weighted by Crippen LogP contribution is 2.32. The molecule has 33 heavy (non-hydrogen) atoms. The van der Waals surface area contributed by atoms with Gasteiger partial charge in [0.1, 0.15) is 11.6 Å². The summed E-state index contributed by atoms with van der Waals surface area (Å²) in [5.74, 6) is -1.11. The van der Waals surface area contributed by atoms with Crippen LogP contribution in [-0.2, 0) is 11.3 Å². The smallest absolute Gasteiger partial charge is 0.257 e. The SMILES string of the molecule is O=C1Nc2cc(F)ccc2C1=CNc1ccc(NC2CCN(Cc3ccccc3)C2)c(F)c1. The summed E-state index contributed by atoms with van der Waals surface area (Å²) in [6.45, 7) is 2.72. The molecule has 2 heterocycles. The van der Waals surface area contributed by atoms with E-state index in [1.807, 2.05) is 18.2 Å². The molecule has 3 aromatic carbocycles. The van der Waals surface area contributed by atoms with Crippen LogP contribution in [-0.4, -0.2) is 29.9 Å². The topological polar surface area (TPSA) is 56.4 Å².